The fourth-order valence-corrected chi connectivity index (χ4v) is 0.929. The van der Waals surface area contributed by atoms with Crippen LogP contribution in [-0.2, 0) is 4.79 Å². The second-order valence-electron chi connectivity index (χ2n) is 2.59. The maximum absolute atomic E-state index is 10.7. The van der Waals surface area contributed by atoms with Crippen LogP contribution in [0.15, 0.2) is 0 Å². The molecule has 1 radical (unpaired) electrons. The third-order valence-corrected chi connectivity index (χ3v) is 2.08. The van der Waals surface area contributed by atoms with E-state index in [9.17, 15) is 4.79 Å². The molecule has 45 valence electrons. The third-order valence-electron chi connectivity index (χ3n) is 2.08. The summed E-state index contributed by atoms with van der Waals surface area (Å²) < 4.78 is 0. The number of carbonyl (C=O) groups is 1. The van der Waals surface area contributed by atoms with Crippen molar-refractivity contribution < 1.29 is 4.79 Å². The molecule has 1 heteroatoms. The highest BCUT2D eigenvalue weighted by Crippen LogP contribution is 2.48. The second-order valence-corrected chi connectivity index (χ2v) is 2.59. The molecule has 0 atom stereocenters. The highest BCUT2D eigenvalue weighted by atomic mass is 16.1. The first-order valence-corrected chi connectivity index (χ1v) is 3.01. The molecular weight excluding hydrogens is 100 g/mol. The number of hydrogen-bond donors (Lipinski definition) is 0. The number of Topliss-reactive ketones (excluding diaryl/α,β-unsaturated/α-hetero) is 1. The van der Waals surface area contributed by atoms with Gasteiger partial charge >= 0.3 is 0 Å². The van der Waals surface area contributed by atoms with Gasteiger partial charge in [-0.2, -0.15) is 0 Å². The average molecular weight is 111 g/mol. The number of hydrogen-bond acceptors (Lipinski definition) is 1. The lowest BCUT2D eigenvalue weighted by atomic mass is 10.00. The Balaban J connectivity index is 2.53. The quantitative estimate of drug-likeness (QED) is 0.528. The zero-order chi connectivity index (χ0) is 6.20. The van der Waals surface area contributed by atoms with E-state index < -0.39 is 0 Å². The van der Waals surface area contributed by atoms with E-state index in [0.717, 1.165) is 19.3 Å². The highest BCUT2D eigenvalue weighted by molar-refractivity contribution is 5.84. The second kappa shape index (κ2) is 1.57. The first-order valence-electron chi connectivity index (χ1n) is 3.01. The fraction of sp³-hybridized carbons (Fsp3) is 0.714. The molecule has 0 aromatic rings. The van der Waals surface area contributed by atoms with Crippen molar-refractivity contribution in [1.82, 2.24) is 0 Å². The number of ketones is 1. The largest absolute Gasteiger partial charge is 0.299 e. The molecule has 0 spiro atoms. The van der Waals surface area contributed by atoms with E-state index in [1.54, 1.807) is 6.92 Å². The summed E-state index contributed by atoms with van der Waals surface area (Å²) in [6.45, 7) is 5.39. The molecule has 0 amide bonds. The lowest BCUT2D eigenvalue weighted by molar-refractivity contribution is -0.121. The minimum absolute atomic E-state index is 0.0417. The molecule has 0 saturated heterocycles. The normalized spacial score (nSPS) is 22.8. The van der Waals surface area contributed by atoms with Crippen LogP contribution in [0, 0.1) is 12.3 Å². The predicted molar refractivity (Wildman–Crippen MR) is 32.3 cm³/mol. The Morgan fingerprint density at radius 2 is 2.25 bits per heavy atom. The fourth-order valence-electron chi connectivity index (χ4n) is 0.929. The molecular formula is C7H11O. The smallest absolute Gasteiger partial charge is 0.135 e. The van der Waals surface area contributed by atoms with Gasteiger partial charge in [-0.25, -0.2) is 0 Å². The maximum Gasteiger partial charge on any atom is 0.135 e. The van der Waals surface area contributed by atoms with Gasteiger partial charge in [0.2, 0.25) is 0 Å². The average Bonchev–Trinajstić information content (AvgIpc) is 2.44. The SMILES string of the molecule is [CH2]CC1(C(C)=O)CC1. The Kier molecular flexibility index (Phi) is 1.14. The van der Waals surface area contributed by atoms with E-state index in [1.807, 2.05) is 0 Å². The summed E-state index contributed by atoms with van der Waals surface area (Å²) >= 11 is 0. The Morgan fingerprint density at radius 1 is 1.75 bits per heavy atom. The van der Waals surface area contributed by atoms with Gasteiger partial charge in [-0.05, 0) is 26.2 Å². The van der Waals surface area contributed by atoms with Gasteiger partial charge in [0.25, 0.3) is 0 Å². The van der Waals surface area contributed by atoms with E-state index in [0.29, 0.717) is 5.78 Å². The van der Waals surface area contributed by atoms with Crippen LogP contribution in [0.2, 0.25) is 0 Å². The van der Waals surface area contributed by atoms with E-state index in [2.05, 4.69) is 6.92 Å². The highest BCUT2D eigenvalue weighted by Gasteiger charge is 2.44. The van der Waals surface area contributed by atoms with Crippen LogP contribution in [0.4, 0.5) is 0 Å². The van der Waals surface area contributed by atoms with Crippen molar-refractivity contribution in [3.05, 3.63) is 6.92 Å². The standard InChI is InChI=1S/C7H11O/c1-3-7(4-5-7)6(2)8/h1,3-5H2,2H3. The van der Waals surface area contributed by atoms with Crippen LogP contribution in [0.5, 0.6) is 0 Å². The van der Waals surface area contributed by atoms with Gasteiger partial charge in [0.15, 0.2) is 0 Å². The van der Waals surface area contributed by atoms with E-state index in [1.165, 1.54) is 0 Å². The molecule has 1 saturated carbocycles. The van der Waals surface area contributed by atoms with Crippen molar-refractivity contribution in [2.45, 2.75) is 26.2 Å². The Labute approximate surface area is 50.1 Å². The van der Waals surface area contributed by atoms with Crippen molar-refractivity contribution >= 4 is 5.78 Å². The topological polar surface area (TPSA) is 17.1 Å². The molecule has 0 aromatic heterocycles. The Hall–Kier alpha value is -0.330. The van der Waals surface area contributed by atoms with Gasteiger partial charge in [-0.15, -0.1) is 0 Å². The molecule has 0 heterocycles. The molecule has 1 fully saturated rings. The molecule has 0 aromatic carbocycles. The predicted octanol–water partition coefficient (Wildman–Crippen LogP) is 1.58. The summed E-state index contributed by atoms with van der Waals surface area (Å²) in [6.07, 6.45) is 2.94. The molecule has 1 nitrogen and oxygen atoms in total. The van der Waals surface area contributed by atoms with Crippen molar-refractivity contribution in [3.8, 4) is 0 Å². The van der Waals surface area contributed by atoms with Gasteiger partial charge < -0.3 is 0 Å². The molecule has 0 unspecified atom stereocenters. The van der Waals surface area contributed by atoms with Crippen molar-refractivity contribution in [3.63, 3.8) is 0 Å². The Bertz CT molecular complexity index is 112. The van der Waals surface area contributed by atoms with Gasteiger partial charge in [0.1, 0.15) is 5.78 Å². The molecule has 1 aliphatic carbocycles. The zero-order valence-electron chi connectivity index (χ0n) is 5.24. The molecule has 8 heavy (non-hydrogen) atoms. The maximum atomic E-state index is 10.7. The van der Waals surface area contributed by atoms with Crippen molar-refractivity contribution in [2.24, 2.45) is 5.41 Å². The number of carbonyl (C=O) groups excluding carboxylic acids is 1. The van der Waals surface area contributed by atoms with Crippen LogP contribution in [-0.4, -0.2) is 5.78 Å². The van der Waals surface area contributed by atoms with Crippen molar-refractivity contribution in [2.75, 3.05) is 0 Å². The summed E-state index contributed by atoms with van der Waals surface area (Å²) in [5.74, 6) is 0.326. The third kappa shape index (κ3) is 0.662. The summed E-state index contributed by atoms with van der Waals surface area (Å²) in [5, 5.41) is 0. The van der Waals surface area contributed by atoms with Gasteiger partial charge in [0, 0.05) is 5.41 Å². The van der Waals surface area contributed by atoms with Crippen LogP contribution >= 0.6 is 0 Å². The van der Waals surface area contributed by atoms with Crippen LogP contribution in [0.25, 0.3) is 0 Å². The van der Waals surface area contributed by atoms with Crippen LogP contribution in [0.3, 0.4) is 0 Å². The van der Waals surface area contributed by atoms with E-state index in [4.69, 9.17) is 0 Å². The molecule has 0 N–H and O–H groups in total. The summed E-state index contributed by atoms with van der Waals surface area (Å²) in [5.41, 5.74) is 0.0417. The molecule has 0 bridgehead atoms. The molecule has 1 aliphatic rings. The first-order chi connectivity index (χ1) is 3.71. The summed E-state index contributed by atoms with van der Waals surface area (Å²) in [6, 6.07) is 0. The van der Waals surface area contributed by atoms with Crippen molar-refractivity contribution in [1.29, 1.82) is 0 Å². The molecule has 0 aliphatic heterocycles. The lowest BCUT2D eigenvalue weighted by Gasteiger charge is -2.03. The minimum Gasteiger partial charge on any atom is -0.299 e. The zero-order valence-corrected chi connectivity index (χ0v) is 5.24. The monoisotopic (exact) mass is 111 g/mol. The number of rotatable bonds is 2. The van der Waals surface area contributed by atoms with Crippen LogP contribution in [0.1, 0.15) is 26.2 Å². The van der Waals surface area contributed by atoms with Gasteiger partial charge in [-0.1, -0.05) is 6.92 Å². The summed E-state index contributed by atoms with van der Waals surface area (Å²) in [7, 11) is 0. The minimum atomic E-state index is 0.0417. The first kappa shape index (κ1) is 5.80. The summed E-state index contributed by atoms with van der Waals surface area (Å²) in [4.78, 5) is 10.7. The van der Waals surface area contributed by atoms with E-state index >= 15 is 0 Å². The van der Waals surface area contributed by atoms with E-state index in [-0.39, 0.29) is 5.41 Å². The van der Waals surface area contributed by atoms with Crippen LogP contribution < -0.4 is 0 Å². The van der Waals surface area contributed by atoms with Gasteiger partial charge in [0.05, 0.1) is 0 Å². The molecule has 1 rings (SSSR count). The van der Waals surface area contributed by atoms with Gasteiger partial charge in [-0.3, -0.25) is 4.79 Å². The Morgan fingerprint density at radius 3 is 2.25 bits per heavy atom. The lowest BCUT2D eigenvalue weighted by Crippen LogP contribution is -2.09.